The zero-order chi connectivity index (χ0) is 15.7. The normalized spacial score (nSPS) is 18.2. The Morgan fingerprint density at radius 1 is 1.27 bits per heavy atom. The number of carbonyl (C=O) groups is 3. The molecule has 0 atom stereocenters. The maximum Gasteiger partial charge on any atom is 0.417 e. The van der Waals surface area contributed by atoms with Crippen LogP contribution in [0.5, 0.6) is 0 Å². The maximum absolute atomic E-state index is 12.0. The fourth-order valence-corrected chi connectivity index (χ4v) is 2.52. The van der Waals surface area contributed by atoms with Crippen molar-refractivity contribution in [3.05, 3.63) is 34.9 Å². The second-order valence-corrected chi connectivity index (χ2v) is 5.60. The maximum atomic E-state index is 12.0. The summed E-state index contributed by atoms with van der Waals surface area (Å²) in [5.74, 6) is -0.351. The van der Waals surface area contributed by atoms with Crippen LogP contribution in [-0.4, -0.2) is 53.6 Å². The van der Waals surface area contributed by atoms with Crippen molar-refractivity contribution in [2.24, 2.45) is 0 Å². The van der Waals surface area contributed by atoms with E-state index in [1.807, 2.05) is 12.1 Å². The fraction of sp³-hybridized carbons (Fsp3) is 0.357. The van der Waals surface area contributed by atoms with Gasteiger partial charge in [-0.25, -0.2) is 14.5 Å². The molecule has 7 nitrogen and oxygen atoms in total. The van der Waals surface area contributed by atoms with Crippen molar-refractivity contribution in [2.75, 3.05) is 19.7 Å². The molecule has 1 N–H and O–H groups in total. The van der Waals surface area contributed by atoms with Crippen LogP contribution < -0.4 is 5.32 Å². The second-order valence-electron chi connectivity index (χ2n) is 5.16. The third-order valence-electron chi connectivity index (χ3n) is 3.66. The molecule has 116 valence electrons. The number of ether oxygens (including phenoxy) is 1. The van der Waals surface area contributed by atoms with Gasteiger partial charge in [0.15, 0.2) is 6.61 Å². The number of halogens is 1. The molecule has 4 amide bonds. The predicted octanol–water partition coefficient (Wildman–Crippen LogP) is 1.21. The number of cyclic esters (lactones) is 1. The summed E-state index contributed by atoms with van der Waals surface area (Å²) in [6, 6.07) is 6.66. The summed E-state index contributed by atoms with van der Waals surface area (Å²) in [6.45, 7) is 0.834. The Hall–Kier alpha value is -2.28. The van der Waals surface area contributed by atoms with Crippen molar-refractivity contribution in [2.45, 2.75) is 12.6 Å². The van der Waals surface area contributed by atoms with Crippen LogP contribution in [0.3, 0.4) is 0 Å². The van der Waals surface area contributed by atoms with Gasteiger partial charge in [0.2, 0.25) is 0 Å². The van der Waals surface area contributed by atoms with Gasteiger partial charge < -0.3 is 15.0 Å². The van der Waals surface area contributed by atoms with Gasteiger partial charge in [0, 0.05) is 24.7 Å². The molecule has 8 heteroatoms. The van der Waals surface area contributed by atoms with Crippen molar-refractivity contribution in [1.82, 2.24) is 15.1 Å². The van der Waals surface area contributed by atoms with Crippen LogP contribution in [0, 0.1) is 0 Å². The smallest absolute Gasteiger partial charge is 0.417 e. The molecule has 2 fully saturated rings. The summed E-state index contributed by atoms with van der Waals surface area (Å²) in [7, 11) is 0. The molecule has 3 rings (SSSR count). The van der Waals surface area contributed by atoms with E-state index >= 15 is 0 Å². The Bertz CT molecular complexity index is 597. The minimum atomic E-state index is -0.628. The standard InChI is InChI=1S/C14H14ClN3O4/c15-10-3-1-9(2-4-10)5-16-13(20)17-6-11(7-17)18-12(19)8-22-14(18)21/h1-4,11H,5-8H2,(H,16,20). The SMILES string of the molecule is O=C(NCc1ccc(Cl)cc1)N1CC(N2C(=O)COC2=O)C1. The van der Waals surface area contributed by atoms with E-state index in [2.05, 4.69) is 10.1 Å². The highest BCUT2D eigenvalue weighted by molar-refractivity contribution is 6.30. The predicted molar refractivity (Wildman–Crippen MR) is 77.2 cm³/mol. The lowest BCUT2D eigenvalue weighted by Gasteiger charge is -2.41. The molecule has 22 heavy (non-hydrogen) atoms. The first-order valence-electron chi connectivity index (χ1n) is 6.80. The highest BCUT2D eigenvalue weighted by Crippen LogP contribution is 2.19. The van der Waals surface area contributed by atoms with Crippen LogP contribution in [0.4, 0.5) is 9.59 Å². The average molecular weight is 324 g/mol. The summed E-state index contributed by atoms with van der Waals surface area (Å²) in [4.78, 5) is 37.5. The number of carbonyl (C=O) groups excluding carboxylic acids is 3. The lowest BCUT2D eigenvalue weighted by atomic mass is 10.1. The molecule has 0 radical (unpaired) electrons. The van der Waals surface area contributed by atoms with Crippen LogP contribution in [-0.2, 0) is 16.1 Å². The molecule has 0 aromatic heterocycles. The molecule has 2 heterocycles. The minimum Gasteiger partial charge on any atom is -0.439 e. The molecular weight excluding hydrogens is 310 g/mol. The molecule has 0 aliphatic carbocycles. The number of benzene rings is 1. The van der Waals surface area contributed by atoms with Gasteiger partial charge in [-0.2, -0.15) is 0 Å². The number of rotatable bonds is 3. The number of likely N-dealkylation sites (tertiary alicyclic amines) is 1. The molecule has 1 aromatic carbocycles. The first kappa shape index (κ1) is 14.6. The van der Waals surface area contributed by atoms with Gasteiger partial charge in [-0.1, -0.05) is 23.7 Å². The summed E-state index contributed by atoms with van der Waals surface area (Å²) >= 11 is 5.79. The molecule has 0 spiro atoms. The Morgan fingerprint density at radius 2 is 1.95 bits per heavy atom. The molecular formula is C14H14ClN3O4. The van der Waals surface area contributed by atoms with Gasteiger partial charge in [0.05, 0.1) is 6.04 Å². The average Bonchev–Trinajstić information content (AvgIpc) is 2.77. The first-order valence-corrected chi connectivity index (χ1v) is 7.18. The van der Waals surface area contributed by atoms with Crippen molar-refractivity contribution < 1.29 is 19.1 Å². The quantitative estimate of drug-likeness (QED) is 0.907. The molecule has 0 saturated carbocycles. The topological polar surface area (TPSA) is 79.0 Å². The molecule has 0 unspecified atom stereocenters. The van der Waals surface area contributed by atoms with E-state index in [-0.39, 0.29) is 24.6 Å². The zero-order valence-electron chi connectivity index (χ0n) is 11.6. The van der Waals surface area contributed by atoms with E-state index in [0.717, 1.165) is 10.5 Å². The fourth-order valence-electron chi connectivity index (χ4n) is 2.39. The summed E-state index contributed by atoms with van der Waals surface area (Å²) in [6.07, 6.45) is -0.628. The number of urea groups is 1. The minimum absolute atomic E-state index is 0.210. The number of nitrogens with one attached hydrogen (secondary N) is 1. The van der Waals surface area contributed by atoms with Crippen molar-refractivity contribution in [3.8, 4) is 0 Å². The molecule has 1 aromatic rings. The van der Waals surface area contributed by atoms with E-state index in [1.54, 1.807) is 17.0 Å². The van der Waals surface area contributed by atoms with Gasteiger partial charge in [0.1, 0.15) is 0 Å². The number of hydrogen-bond acceptors (Lipinski definition) is 4. The molecule has 2 aliphatic rings. The largest absolute Gasteiger partial charge is 0.439 e. The van der Waals surface area contributed by atoms with E-state index in [4.69, 9.17) is 11.6 Å². The highest BCUT2D eigenvalue weighted by Gasteiger charge is 2.44. The van der Waals surface area contributed by atoms with E-state index in [9.17, 15) is 14.4 Å². The Labute approximate surface area is 131 Å². The van der Waals surface area contributed by atoms with Crippen molar-refractivity contribution in [3.63, 3.8) is 0 Å². The van der Waals surface area contributed by atoms with E-state index in [1.165, 1.54) is 0 Å². The lowest BCUT2D eigenvalue weighted by molar-refractivity contribution is -0.129. The van der Waals surface area contributed by atoms with Crippen LogP contribution in [0.15, 0.2) is 24.3 Å². The van der Waals surface area contributed by atoms with E-state index in [0.29, 0.717) is 24.7 Å². The van der Waals surface area contributed by atoms with Crippen LogP contribution in [0.25, 0.3) is 0 Å². The van der Waals surface area contributed by atoms with E-state index < -0.39 is 6.09 Å². The third kappa shape index (κ3) is 2.85. The summed E-state index contributed by atoms with van der Waals surface area (Å²) in [5, 5.41) is 3.42. The van der Waals surface area contributed by atoms with Crippen LogP contribution >= 0.6 is 11.6 Å². The third-order valence-corrected chi connectivity index (χ3v) is 3.91. The van der Waals surface area contributed by atoms with Gasteiger partial charge in [0.25, 0.3) is 5.91 Å². The monoisotopic (exact) mass is 323 g/mol. The van der Waals surface area contributed by atoms with Crippen molar-refractivity contribution >= 4 is 29.6 Å². The Kier molecular flexibility index (Phi) is 3.89. The number of imide groups is 1. The van der Waals surface area contributed by atoms with Gasteiger partial charge >= 0.3 is 12.1 Å². The van der Waals surface area contributed by atoms with Gasteiger partial charge in [-0.05, 0) is 17.7 Å². The molecule has 0 bridgehead atoms. The highest BCUT2D eigenvalue weighted by atomic mass is 35.5. The number of amides is 4. The molecule has 2 saturated heterocycles. The molecule has 2 aliphatic heterocycles. The Balaban J connectivity index is 1.46. The van der Waals surface area contributed by atoms with Crippen LogP contribution in [0.2, 0.25) is 5.02 Å². The zero-order valence-corrected chi connectivity index (χ0v) is 12.4. The second kappa shape index (κ2) is 5.84. The number of hydrogen-bond donors (Lipinski definition) is 1. The van der Waals surface area contributed by atoms with Crippen LogP contribution in [0.1, 0.15) is 5.56 Å². The van der Waals surface area contributed by atoms with Gasteiger partial charge in [-0.3, -0.25) is 4.79 Å². The van der Waals surface area contributed by atoms with Gasteiger partial charge in [-0.15, -0.1) is 0 Å². The number of nitrogens with zero attached hydrogens (tertiary/aromatic N) is 2. The lowest BCUT2D eigenvalue weighted by Crippen LogP contribution is -2.63. The Morgan fingerprint density at radius 3 is 2.55 bits per heavy atom. The summed E-state index contributed by atoms with van der Waals surface area (Å²) in [5.41, 5.74) is 0.938. The summed E-state index contributed by atoms with van der Waals surface area (Å²) < 4.78 is 4.65. The van der Waals surface area contributed by atoms with Crippen molar-refractivity contribution in [1.29, 1.82) is 0 Å². The first-order chi connectivity index (χ1) is 10.5.